The first kappa shape index (κ1) is 27.4. The van der Waals surface area contributed by atoms with E-state index >= 15 is 0 Å². The van der Waals surface area contributed by atoms with Gasteiger partial charge in [-0.2, -0.15) is 0 Å². The van der Waals surface area contributed by atoms with Gasteiger partial charge in [-0.05, 0) is 29.2 Å². The number of ether oxygens (including phenoxy) is 1. The number of para-hydroxylation sites is 1. The summed E-state index contributed by atoms with van der Waals surface area (Å²) in [4.78, 5) is 39.9. The highest BCUT2D eigenvalue weighted by Crippen LogP contribution is 2.22. The molecule has 8 heteroatoms. The lowest BCUT2D eigenvalue weighted by atomic mass is 10.0. The SMILES string of the molecule is COc1cccc(CN(C(=O)Cc2ccccc2[N+](=O)[O-])C(Cc2ccccc2)C(=O)NCC(C)C)c1. The Kier molecular flexibility index (Phi) is 9.77. The van der Waals surface area contributed by atoms with Gasteiger partial charge in [-0.15, -0.1) is 0 Å². The van der Waals surface area contributed by atoms with E-state index in [-0.39, 0.29) is 36.4 Å². The predicted octanol–water partition coefficient (Wildman–Crippen LogP) is 4.56. The van der Waals surface area contributed by atoms with E-state index in [2.05, 4.69) is 5.32 Å². The maximum atomic E-state index is 13.8. The second kappa shape index (κ2) is 13.2. The molecular weight excluding hydrogens is 470 g/mol. The Morgan fingerprint density at radius 2 is 1.65 bits per heavy atom. The van der Waals surface area contributed by atoms with E-state index in [4.69, 9.17) is 4.74 Å². The van der Waals surface area contributed by atoms with Gasteiger partial charge in [-0.3, -0.25) is 19.7 Å². The second-order valence-electron chi connectivity index (χ2n) is 9.28. The lowest BCUT2D eigenvalue weighted by Gasteiger charge is -2.32. The van der Waals surface area contributed by atoms with Gasteiger partial charge >= 0.3 is 0 Å². The van der Waals surface area contributed by atoms with Crippen LogP contribution >= 0.6 is 0 Å². The largest absolute Gasteiger partial charge is 0.497 e. The van der Waals surface area contributed by atoms with Gasteiger partial charge in [0.2, 0.25) is 11.8 Å². The van der Waals surface area contributed by atoms with Gasteiger partial charge in [-0.25, -0.2) is 0 Å². The van der Waals surface area contributed by atoms with Crippen LogP contribution in [-0.4, -0.2) is 41.3 Å². The zero-order valence-electron chi connectivity index (χ0n) is 21.4. The van der Waals surface area contributed by atoms with Crippen molar-refractivity contribution in [3.05, 3.63) is 106 Å². The molecule has 0 aromatic heterocycles. The van der Waals surface area contributed by atoms with Crippen LogP contribution in [0.2, 0.25) is 0 Å². The fraction of sp³-hybridized carbons (Fsp3) is 0.310. The van der Waals surface area contributed by atoms with Gasteiger partial charge in [0, 0.05) is 31.1 Å². The van der Waals surface area contributed by atoms with Gasteiger partial charge in [-0.1, -0.05) is 74.5 Å². The van der Waals surface area contributed by atoms with E-state index < -0.39 is 11.0 Å². The summed E-state index contributed by atoms with van der Waals surface area (Å²) in [6, 6.07) is 22.2. The summed E-state index contributed by atoms with van der Waals surface area (Å²) in [5.74, 6) is 0.220. The fourth-order valence-electron chi connectivity index (χ4n) is 4.05. The molecule has 194 valence electrons. The van der Waals surface area contributed by atoms with Crippen LogP contribution in [0.25, 0.3) is 0 Å². The Hall–Kier alpha value is -4.20. The molecule has 0 saturated heterocycles. The highest BCUT2D eigenvalue weighted by atomic mass is 16.6. The van der Waals surface area contributed by atoms with Gasteiger partial charge in [0.25, 0.3) is 5.69 Å². The van der Waals surface area contributed by atoms with Crippen molar-refractivity contribution in [2.24, 2.45) is 5.92 Å². The third-order valence-corrected chi connectivity index (χ3v) is 5.97. The maximum absolute atomic E-state index is 13.8. The van der Waals surface area contributed by atoms with Crippen molar-refractivity contribution in [2.45, 2.75) is 39.3 Å². The van der Waals surface area contributed by atoms with Crippen molar-refractivity contribution < 1.29 is 19.2 Å². The van der Waals surface area contributed by atoms with Crippen LogP contribution in [0.3, 0.4) is 0 Å². The average Bonchev–Trinajstić information content (AvgIpc) is 2.90. The standard InChI is InChI=1S/C29H33N3O5/c1-21(2)19-30-29(34)27(17-22-10-5-4-6-11-22)31(20-23-12-9-14-25(16-23)37-3)28(33)18-24-13-7-8-15-26(24)32(35)36/h4-16,21,27H,17-20H2,1-3H3,(H,30,34). The molecule has 0 bridgehead atoms. The molecule has 1 N–H and O–H groups in total. The highest BCUT2D eigenvalue weighted by Gasteiger charge is 2.31. The first-order chi connectivity index (χ1) is 17.8. The van der Waals surface area contributed by atoms with Crippen LogP contribution in [-0.2, 0) is 29.0 Å². The lowest BCUT2D eigenvalue weighted by Crippen LogP contribution is -2.51. The molecule has 8 nitrogen and oxygen atoms in total. The summed E-state index contributed by atoms with van der Waals surface area (Å²) < 4.78 is 5.35. The van der Waals surface area contributed by atoms with Crippen molar-refractivity contribution in [3.8, 4) is 5.75 Å². The molecule has 0 aliphatic carbocycles. The molecule has 3 aromatic rings. The number of nitrogens with one attached hydrogen (secondary N) is 1. The number of methoxy groups -OCH3 is 1. The smallest absolute Gasteiger partial charge is 0.273 e. The molecule has 0 aliphatic heterocycles. The number of carbonyl (C=O) groups excluding carboxylic acids is 2. The topological polar surface area (TPSA) is 102 Å². The van der Waals surface area contributed by atoms with Crippen molar-refractivity contribution >= 4 is 17.5 Å². The first-order valence-corrected chi connectivity index (χ1v) is 12.2. The van der Waals surface area contributed by atoms with E-state index in [1.54, 1.807) is 31.4 Å². The average molecular weight is 504 g/mol. The van der Waals surface area contributed by atoms with Gasteiger partial charge in [0.05, 0.1) is 18.5 Å². The van der Waals surface area contributed by atoms with E-state index in [0.717, 1.165) is 11.1 Å². The number of carbonyl (C=O) groups is 2. The number of hydrogen-bond acceptors (Lipinski definition) is 5. The van der Waals surface area contributed by atoms with Crippen LogP contribution in [0.4, 0.5) is 5.69 Å². The summed E-state index contributed by atoms with van der Waals surface area (Å²) >= 11 is 0. The number of nitrogens with zero attached hydrogens (tertiary/aromatic N) is 2. The predicted molar refractivity (Wildman–Crippen MR) is 142 cm³/mol. The number of hydrogen-bond donors (Lipinski definition) is 1. The van der Waals surface area contributed by atoms with Gasteiger partial charge in [0.1, 0.15) is 11.8 Å². The van der Waals surface area contributed by atoms with Gasteiger partial charge < -0.3 is 15.0 Å². The van der Waals surface area contributed by atoms with Crippen LogP contribution in [0.5, 0.6) is 5.75 Å². The van der Waals surface area contributed by atoms with Crippen molar-refractivity contribution in [1.29, 1.82) is 0 Å². The summed E-state index contributed by atoms with van der Waals surface area (Å²) in [6.45, 7) is 4.61. The van der Waals surface area contributed by atoms with Crippen molar-refractivity contribution in [2.75, 3.05) is 13.7 Å². The Labute approximate surface area is 217 Å². The van der Waals surface area contributed by atoms with Crippen molar-refractivity contribution in [3.63, 3.8) is 0 Å². The monoisotopic (exact) mass is 503 g/mol. The molecule has 1 atom stereocenters. The molecule has 0 spiro atoms. The fourth-order valence-corrected chi connectivity index (χ4v) is 4.05. The number of nitro groups is 1. The van der Waals surface area contributed by atoms with Gasteiger partial charge in [0.15, 0.2) is 0 Å². The molecular formula is C29H33N3O5. The quantitative estimate of drug-likeness (QED) is 0.288. The Morgan fingerprint density at radius 3 is 2.32 bits per heavy atom. The zero-order chi connectivity index (χ0) is 26.8. The number of amides is 2. The molecule has 1 unspecified atom stereocenters. The van der Waals surface area contributed by atoms with Crippen LogP contribution in [0, 0.1) is 16.0 Å². The van der Waals surface area contributed by atoms with E-state index in [0.29, 0.717) is 24.3 Å². The van der Waals surface area contributed by atoms with E-state index in [1.807, 2.05) is 62.4 Å². The molecule has 3 aromatic carbocycles. The normalized spacial score (nSPS) is 11.6. The summed E-state index contributed by atoms with van der Waals surface area (Å²) in [5, 5.41) is 14.5. The third-order valence-electron chi connectivity index (χ3n) is 5.97. The molecule has 2 amide bonds. The highest BCUT2D eigenvalue weighted by molar-refractivity contribution is 5.89. The summed E-state index contributed by atoms with van der Waals surface area (Å²) in [6.07, 6.45) is 0.0984. The number of nitro benzene ring substituents is 1. The van der Waals surface area contributed by atoms with Crippen molar-refractivity contribution in [1.82, 2.24) is 10.2 Å². The minimum Gasteiger partial charge on any atom is -0.497 e. The molecule has 0 saturated carbocycles. The van der Waals surface area contributed by atoms with Crippen LogP contribution in [0.15, 0.2) is 78.9 Å². The molecule has 0 aliphatic rings. The van der Waals surface area contributed by atoms with E-state index in [1.165, 1.54) is 11.0 Å². The molecule has 3 rings (SSSR count). The number of benzene rings is 3. The first-order valence-electron chi connectivity index (χ1n) is 12.2. The Bertz CT molecular complexity index is 1210. The van der Waals surface area contributed by atoms with Crippen LogP contribution < -0.4 is 10.1 Å². The third kappa shape index (κ3) is 7.90. The second-order valence-corrected chi connectivity index (χ2v) is 9.28. The molecule has 0 heterocycles. The van der Waals surface area contributed by atoms with E-state index in [9.17, 15) is 19.7 Å². The number of rotatable bonds is 12. The minimum absolute atomic E-state index is 0.124. The van der Waals surface area contributed by atoms with Crippen LogP contribution in [0.1, 0.15) is 30.5 Å². The summed E-state index contributed by atoms with van der Waals surface area (Å²) in [7, 11) is 1.56. The Balaban J connectivity index is 2.01. The molecule has 0 radical (unpaired) electrons. The lowest BCUT2D eigenvalue weighted by molar-refractivity contribution is -0.385. The molecule has 37 heavy (non-hydrogen) atoms. The minimum atomic E-state index is -0.817. The Morgan fingerprint density at radius 1 is 0.973 bits per heavy atom. The maximum Gasteiger partial charge on any atom is 0.273 e. The zero-order valence-corrected chi connectivity index (χ0v) is 21.4. The summed E-state index contributed by atoms with van der Waals surface area (Å²) in [5.41, 5.74) is 1.86. The molecule has 0 fully saturated rings.